The molecule has 1 heterocycles. The van der Waals surface area contributed by atoms with E-state index < -0.39 is 16.4 Å². The van der Waals surface area contributed by atoms with Gasteiger partial charge >= 0.3 is 5.69 Å². The number of nitro benzene ring substituents is 1. The van der Waals surface area contributed by atoms with Gasteiger partial charge in [0.05, 0.1) is 10.4 Å². The van der Waals surface area contributed by atoms with E-state index in [1.807, 2.05) is 43.3 Å². The van der Waals surface area contributed by atoms with Crippen molar-refractivity contribution in [2.24, 2.45) is 0 Å². The zero-order chi connectivity index (χ0) is 23.5. The summed E-state index contributed by atoms with van der Waals surface area (Å²) in [6.07, 6.45) is 3.22. The van der Waals surface area contributed by atoms with Crippen LogP contribution in [0.25, 0.3) is 10.9 Å². The fourth-order valence-electron chi connectivity index (χ4n) is 4.12. The molecule has 33 heavy (non-hydrogen) atoms. The predicted molar refractivity (Wildman–Crippen MR) is 126 cm³/mol. The number of carbonyl (C=O) groups is 1. The Hall–Kier alpha value is -3.95. The van der Waals surface area contributed by atoms with Gasteiger partial charge in [0.2, 0.25) is 5.95 Å². The first-order valence-electron chi connectivity index (χ1n) is 10.8. The number of hydrogen-bond acceptors (Lipinski definition) is 8. The fraction of sp³-hybridized carbons (Fsp3) is 0.348. The molecule has 0 radical (unpaired) electrons. The van der Waals surface area contributed by atoms with Crippen LogP contribution in [-0.2, 0) is 0 Å². The Labute approximate surface area is 190 Å². The van der Waals surface area contributed by atoms with Gasteiger partial charge < -0.3 is 20.6 Å². The smallest absolute Gasteiger partial charge is 0.310 e. The van der Waals surface area contributed by atoms with E-state index in [0.717, 1.165) is 54.5 Å². The third kappa shape index (κ3) is 4.94. The molecule has 172 valence electrons. The van der Waals surface area contributed by atoms with E-state index in [4.69, 9.17) is 4.98 Å². The van der Waals surface area contributed by atoms with Gasteiger partial charge in [-0.2, -0.15) is 4.98 Å². The summed E-state index contributed by atoms with van der Waals surface area (Å²) >= 11 is 0. The highest BCUT2D eigenvalue weighted by molar-refractivity contribution is 5.95. The highest BCUT2D eigenvalue weighted by Crippen LogP contribution is 2.28. The number of nitrogens with zero attached hydrogens (tertiary/aromatic N) is 4. The van der Waals surface area contributed by atoms with Crippen molar-refractivity contribution in [2.75, 3.05) is 24.3 Å². The van der Waals surface area contributed by atoms with Crippen molar-refractivity contribution < 1.29 is 14.8 Å². The Kier molecular flexibility index (Phi) is 6.25. The van der Waals surface area contributed by atoms with Gasteiger partial charge in [0.25, 0.3) is 5.91 Å². The first-order valence-corrected chi connectivity index (χ1v) is 10.8. The van der Waals surface area contributed by atoms with Crippen LogP contribution in [0.3, 0.4) is 0 Å². The minimum Gasteiger partial charge on any atom is -0.502 e. The third-order valence-electron chi connectivity index (χ3n) is 5.84. The highest BCUT2D eigenvalue weighted by atomic mass is 16.6. The minimum atomic E-state index is -0.688. The fourth-order valence-corrected chi connectivity index (χ4v) is 4.12. The quantitative estimate of drug-likeness (QED) is 0.384. The van der Waals surface area contributed by atoms with E-state index in [9.17, 15) is 20.0 Å². The summed E-state index contributed by atoms with van der Waals surface area (Å²) in [4.78, 5) is 34.0. The van der Waals surface area contributed by atoms with Crippen molar-refractivity contribution in [1.29, 1.82) is 0 Å². The van der Waals surface area contributed by atoms with Crippen molar-refractivity contribution in [2.45, 2.75) is 37.8 Å². The van der Waals surface area contributed by atoms with Crippen LogP contribution in [0.5, 0.6) is 5.75 Å². The summed E-state index contributed by atoms with van der Waals surface area (Å²) in [5.74, 6) is 0.569. The molecule has 0 saturated heterocycles. The van der Waals surface area contributed by atoms with Gasteiger partial charge in [-0.3, -0.25) is 14.9 Å². The number of nitro groups is 1. The number of para-hydroxylation sites is 1. The monoisotopic (exact) mass is 450 g/mol. The van der Waals surface area contributed by atoms with Crippen LogP contribution in [0.15, 0.2) is 42.5 Å². The molecule has 0 bridgehead atoms. The number of rotatable bonds is 6. The second kappa shape index (κ2) is 9.27. The summed E-state index contributed by atoms with van der Waals surface area (Å²) in [5, 5.41) is 28.0. The molecule has 1 saturated carbocycles. The predicted octanol–water partition coefficient (Wildman–Crippen LogP) is 3.46. The van der Waals surface area contributed by atoms with Crippen LogP contribution < -0.4 is 15.5 Å². The summed E-state index contributed by atoms with van der Waals surface area (Å²) < 4.78 is 0. The molecule has 0 unspecified atom stereocenters. The number of anilines is 2. The topological polar surface area (TPSA) is 134 Å². The Morgan fingerprint density at radius 1 is 1.09 bits per heavy atom. The lowest BCUT2D eigenvalue weighted by atomic mass is 9.91. The largest absolute Gasteiger partial charge is 0.502 e. The number of aromatic hydroxyl groups is 1. The maximum atomic E-state index is 12.5. The standard InChI is InChI=1S/C23H26N6O4/c1-28(2)21-17-5-3-4-6-18(17)26-23(27-21)25-16-10-8-15(9-11-16)24-22(31)14-7-12-19(29(32)33)20(30)13-14/h3-7,12-13,15-16,30H,8-11H2,1-2H3,(H,24,31)(H,25,26,27). The number of benzene rings is 2. The molecule has 1 aliphatic rings. The molecule has 1 fully saturated rings. The van der Waals surface area contributed by atoms with E-state index in [2.05, 4.69) is 15.6 Å². The number of nitrogens with one attached hydrogen (secondary N) is 2. The van der Waals surface area contributed by atoms with E-state index in [1.54, 1.807) is 0 Å². The van der Waals surface area contributed by atoms with Gasteiger partial charge in [0.15, 0.2) is 5.75 Å². The Morgan fingerprint density at radius 2 is 1.79 bits per heavy atom. The van der Waals surface area contributed by atoms with Crippen molar-refractivity contribution >= 4 is 34.3 Å². The third-order valence-corrected chi connectivity index (χ3v) is 5.84. The molecule has 3 aromatic rings. The average molecular weight is 450 g/mol. The molecule has 2 aromatic carbocycles. The first kappa shape index (κ1) is 22.3. The second-order valence-electron chi connectivity index (χ2n) is 8.41. The molecule has 10 nitrogen and oxygen atoms in total. The summed E-state index contributed by atoms with van der Waals surface area (Å²) in [6.45, 7) is 0. The highest BCUT2D eigenvalue weighted by Gasteiger charge is 2.24. The van der Waals surface area contributed by atoms with Gasteiger partial charge in [0.1, 0.15) is 5.82 Å². The van der Waals surface area contributed by atoms with Crippen LogP contribution in [0, 0.1) is 10.1 Å². The van der Waals surface area contributed by atoms with Crippen molar-refractivity contribution in [1.82, 2.24) is 15.3 Å². The Balaban J connectivity index is 1.36. The van der Waals surface area contributed by atoms with Crippen LogP contribution >= 0.6 is 0 Å². The van der Waals surface area contributed by atoms with Crippen molar-refractivity contribution in [3.8, 4) is 5.75 Å². The number of phenols is 1. The van der Waals surface area contributed by atoms with Gasteiger partial charge in [-0.15, -0.1) is 0 Å². The molecule has 10 heteroatoms. The maximum Gasteiger partial charge on any atom is 0.310 e. The van der Waals surface area contributed by atoms with Gasteiger partial charge in [-0.05, 0) is 49.9 Å². The lowest BCUT2D eigenvalue weighted by molar-refractivity contribution is -0.385. The molecular formula is C23H26N6O4. The lowest BCUT2D eigenvalue weighted by Crippen LogP contribution is -2.40. The van der Waals surface area contributed by atoms with E-state index >= 15 is 0 Å². The van der Waals surface area contributed by atoms with Crippen LogP contribution in [0.4, 0.5) is 17.5 Å². The van der Waals surface area contributed by atoms with Crippen LogP contribution in [-0.4, -0.2) is 52.1 Å². The van der Waals surface area contributed by atoms with Crippen molar-refractivity contribution in [3.05, 3.63) is 58.1 Å². The minimum absolute atomic E-state index is 0.0113. The molecule has 1 aliphatic carbocycles. The number of phenolic OH excluding ortho intramolecular Hbond substituents is 1. The van der Waals surface area contributed by atoms with Crippen molar-refractivity contribution in [3.63, 3.8) is 0 Å². The number of carbonyl (C=O) groups excluding carboxylic acids is 1. The number of hydrogen-bond donors (Lipinski definition) is 3. The van der Waals surface area contributed by atoms with Gasteiger partial charge in [-0.25, -0.2) is 4.98 Å². The number of aromatic nitrogens is 2. The zero-order valence-corrected chi connectivity index (χ0v) is 18.5. The van der Waals surface area contributed by atoms with Crippen LogP contribution in [0.2, 0.25) is 0 Å². The Bertz CT molecular complexity index is 1190. The summed E-state index contributed by atoms with van der Waals surface area (Å²) in [7, 11) is 3.91. The molecule has 0 atom stereocenters. The summed E-state index contributed by atoms with van der Waals surface area (Å²) in [6, 6.07) is 11.7. The zero-order valence-electron chi connectivity index (χ0n) is 18.5. The molecule has 3 N–H and O–H groups in total. The SMILES string of the molecule is CN(C)c1nc(NC2CCC(NC(=O)c3ccc([N+](=O)[O-])c(O)c3)CC2)nc2ccccc12. The average Bonchev–Trinajstić information content (AvgIpc) is 2.79. The molecule has 0 spiro atoms. The molecular weight excluding hydrogens is 424 g/mol. The van der Waals surface area contributed by atoms with E-state index in [0.29, 0.717) is 5.95 Å². The molecule has 1 aromatic heterocycles. The normalized spacial score (nSPS) is 18.0. The van der Waals surface area contributed by atoms with E-state index in [-0.39, 0.29) is 23.6 Å². The molecule has 4 rings (SSSR count). The molecule has 0 aliphatic heterocycles. The Morgan fingerprint density at radius 3 is 2.45 bits per heavy atom. The lowest BCUT2D eigenvalue weighted by Gasteiger charge is -2.30. The molecule has 1 amide bonds. The van der Waals surface area contributed by atoms with Gasteiger partial charge in [-0.1, -0.05) is 12.1 Å². The maximum absolute atomic E-state index is 12.5. The number of amides is 1. The number of fused-ring (bicyclic) bond motifs is 1. The first-order chi connectivity index (χ1) is 15.8. The van der Waals surface area contributed by atoms with E-state index in [1.165, 1.54) is 6.07 Å². The van der Waals surface area contributed by atoms with Crippen LogP contribution in [0.1, 0.15) is 36.0 Å². The second-order valence-corrected chi connectivity index (χ2v) is 8.41. The van der Waals surface area contributed by atoms with Gasteiger partial charge in [0, 0.05) is 43.2 Å². The summed E-state index contributed by atoms with van der Waals surface area (Å²) in [5.41, 5.74) is 0.650.